The highest BCUT2D eigenvalue weighted by Crippen LogP contribution is 2.43. The molecule has 0 aliphatic carbocycles. The Morgan fingerprint density at radius 1 is 0.347 bits per heavy atom. The van der Waals surface area contributed by atoms with E-state index in [1.807, 2.05) is 38.1 Å². The molecule has 4 aromatic rings. The van der Waals surface area contributed by atoms with Crippen LogP contribution in [-0.4, -0.2) is 20.4 Å². The number of phenols is 4. The first-order valence-corrected chi connectivity index (χ1v) is 17.6. The van der Waals surface area contributed by atoms with Crippen LogP contribution in [0.25, 0.3) is 0 Å². The van der Waals surface area contributed by atoms with E-state index in [1.54, 1.807) is 0 Å². The first-order valence-electron chi connectivity index (χ1n) is 17.6. The highest BCUT2D eigenvalue weighted by Gasteiger charge is 2.28. The molecular weight excluding hydrogens is 604 g/mol. The zero-order valence-corrected chi connectivity index (χ0v) is 32.5. The second-order valence-electron chi connectivity index (χ2n) is 18.5. The molecule has 264 valence electrons. The van der Waals surface area contributed by atoms with Crippen LogP contribution in [0.3, 0.4) is 0 Å². The van der Waals surface area contributed by atoms with Crippen LogP contribution in [-0.2, 0) is 40.9 Å². The van der Waals surface area contributed by atoms with Crippen molar-refractivity contribution in [2.45, 2.75) is 138 Å². The van der Waals surface area contributed by atoms with E-state index < -0.39 is 0 Å². The Hall–Kier alpha value is -3.92. The third-order valence-corrected chi connectivity index (χ3v) is 9.57. The van der Waals surface area contributed by atoms with Crippen molar-refractivity contribution in [2.75, 3.05) is 0 Å². The first kappa shape index (κ1) is 37.9. The van der Waals surface area contributed by atoms with Crippen molar-refractivity contribution in [3.63, 3.8) is 0 Å². The van der Waals surface area contributed by atoms with Crippen LogP contribution < -0.4 is 0 Å². The average molecular weight is 665 g/mol. The predicted molar refractivity (Wildman–Crippen MR) is 205 cm³/mol. The van der Waals surface area contributed by atoms with Crippen molar-refractivity contribution in [2.24, 2.45) is 0 Å². The molecule has 0 atom stereocenters. The molecule has 4 heteroatoms. The molecule has 0 fully saturated rings. The van der Waals surface area contributed by atoms with Crippen molar-refractivity contribution >= 4 is 0 Å². The Kier molecular flexibility index (Phi) is 10.1. The van der Waals surface area contributed by atoms with Crippen molar-refractivity contribution in [1.82, 2.24) is 0 Å². The second-order valence-corrected chi connectivity index (χ2v) is 18.5. The van der Waals surface area contributed by atoms with Gasteiger partial charge >= 0.3 is 0 Å². The van der Waals surface area contributed by atoms with Crippen molar-refractivity contribution in [3.8, 4) is 23.0 Å². The smallest absolute Gasteiger partial charge is 0.123 e. The molecule has 4 nitrogen and oxygen atoms in total. The largest absolute Gasteiger partial charge is 0.507 e. The van der Waals surface area contributed by atoms with Crippen LogP contribution in [0.1, 0.15) is 150 Å². The summed E-state index contributed by atoms with van der Waals surface area (Å²) >= 11 is 0. The summed E-state index contributed by atoms with van der Waals surface area (Å²) in [6, 6.07) is 16.4. The molecule has 4 aromatic carbocycles. The second kappa shape index (κ2) is 13.1. The molecule has 0 amide bonds. The summed E-state index contributed by atoms with van der Waals surface area (Å²) in [7, 11) is 0. The monoisotopic (exact) mass is 664 g/mol. The van der Waals surface area contributed by atoms with Crippen LogP contribution in [0.2, 0.25) is 0 Å². The van der Waals surface area contributed by atoms with E-state index in [1.165, 1.54) is 0 Å². The molecule has 4 rings (SSSR count). The molecule has 0 radical (unpaired) electrons. The zero-order valence-electron chi connectivity index (χ0n) is 32.5. The molecule has 0 unspecified atom stereocenters. The van der Waals surface area contributed by atoms with E-state index in [-0.39, 0.29) is 33.2 Å². The van der Waals surface area contributed by atoms with Gasteiger partial charge in [0.1, 0.15) is 23.0 Å². The Morgan fingerprint density at radius 2 is 0.571 bits per heavy atom. The van der Waals surface area contributed by atoms with E-state index in [9.17, 15) is 20.4 Å². The topological polar surface area (TPSA) is 80.9 Å². The minimum absolute atomic E-state index is 0.235. The van der Waals surface area contributed by atoms with Gasteiger partial charge in [0.2, 0.25) is 0 Å². The van der Waals surface area contributed by atoms with Gasteiger partial charge in [-0.2, -0.15) is 0 Å². The van der Waals surface area contributed by atoms with Crippen LogP contribution in [0.5, 0.6) is 23.0 Å². The summed E-state index contributed by atoms with van der Waals surface area (Å²) in [6.07, 6.45) is 1.42. The van der Waals surface area contributed by atoms with Crippen LogP contribution in [0, 0.1) is 13.8 Å². The van der Waals surface area contributed by atoms with E-state index in [0.29, 0.717) is 30.8 Å². The van der Waals surface area contributed by atoms with Gasteiger partial charge in [0, 0.05) is 19.3 Å². The summed E-state index contributed by atoms with van der Waals surface area (Å²) in [6.45, 7) is 29.4. The Bertz CT molecular complexity index is 1660. The molecule has 0 spiro atoms. The number of hydrogen-bond acceptors (Lipinski definition) is 4. The maximum absolute atomic E-state index is 11.7. The minimum atomic E-state index is -0.247. The summed E-state index contributed by atoms with van der Waals surface area (Å²) < 4.78 is 0. The summed E-state index contributed by atoms with van der Waals surface area (Å²) in [5, 5.41) is 45.9. The molecule has 0 saturated heterocycles. The quantitative estimate of drug-likeness (QED) is 0.165. The first-order chi connectivity index (χ1) is 22.3. The lowest BCUT2D eigenvalue weighted by Gasteiger charge is -2.28. The Morgan fingerprint density at radius 3 is 0.796 bits per heavy atom. The van der Waals surface area contributed by atoms with Gasteiger partial charge in [-0.1, -0.05) is 143 Å². The molecule has 0 saturated carbocycles. The maximum atomic E-state index is 11.7. The van der Waals surface area contributed by atoms with E-state index in [2.05, 4.69) is 107 Å². The number of aryl methyl sites for hydroxylation is 2. The molecule has 0 bridgehead atoms. The lowest BCUT2D eigenvalue weighted by molar-refractivity contribution is 0.422. The molecule has 49 heavy (non-hydrogen) atoms. The minimum Gasteiger partial charge on any atom is -0.507 e. The van der Waals surface area contributed by atoms with Gasteiger partial charge in [0.05, 0.1) is 0 Å². The van der Waals surface area contributed by atoms with Crippen molar-refractivity contribution < 1.29 is 20.4 Å². The van der Waals surface area contributed by atoms with Gasteiger partial charge in [-0.15, -0.1) is 0 Å². The predicted octanol–water partition coefficient (Wildman–Crippen LogP) is 11.1. The van der Waals surface area contributed by atoms with Gasteiger partial charge < -0.3 is 20.4 Å². The lowest BCUT2D eigenvalue weighted by Crippen LogP contribution is -2.18. The maximum Gasteiger partial charge on any atom is 0.123 e. The molecule has 0 aliphatic heterocycles. The van der Waals surface area contributed by atoms with Crippen molar-refractivity contribution in [1.29, 1.82) is 0 Å². The standard InChI is InChI=1S/C45H60O4/c1-26-15-30(19-28-21-34(42(3,4)5)40(48)35(22-28)43(6,7)8)38(46)32(17-26)25-33-18-27(2)16-31(39(33)47)20-29-23-36(44(9,10)11)41(49)37(24-29)45(12,13)14/h15-18,21-24,46-49H,19-20,25H2,1-14H3. The molecular formula is C45H60O4. The Labute approximate surface area is 295 Å². The highest BCUT2D eigenvalue weighted by molar-refractivity contribution is 5.56. The summed E-state index contributed by atoms with van der Waals surface area (Å²) in [4.78, 5) is 0. The molecule has 0 aliphatic rings. The zero-order chi connectivity index (χ0) is 37.0. The van der Waals surface area contributed by atoms with Crippen LogP contribution in [0.4, 0.5) is 0 Å². The number of aromatic hydroxyl groups is 4. The van der Waals surface area contributed by atoms with E-state index in [0.717, 1.165) is 66.8 Å². The lowest BCUT2D eigenvalue weighted by atomic mass is 9.77. The van der Waals surface area contributed by atoms with E-state index in [4.69, 9.17) is 0 Å². The van der Waals surface area contributed by atoms with Crippen molar-refractivity contribution in [3.05, 3.63) is 115 Å². The van der Waals surface area contributed by atoms with Gasteiger partial charge in [0.15, 0.2) is 0 Å². The summed E-state index contributed by atoms with van der Waals surface area (Å²) in [5.74, 6) is 1.17. The van der Waals surface area contributed by atoms with E-state index >= 15 is 0 Å². The third kappa shape index (κ3) is 8.46. The van der Waals surface area contributed by atoms with Gasteiger partial charge in [-0.25, -0.2) is 0 Å². The number of benzene rings is 4. The normalized spacial score (nSPS) is 12.9. The number of phenolic OH excluding ortho intramolecular Hbond substituents is 4. The van der Waals surface area contributed by atoms with Gasteiger partial charge in [-0.05, 0) is 91.1 Å². The highest BCUT2D eigenvalue weighted by atomic mass is 16.3. The van der Waals surface area contributed by atoms with Crippen LogP contribution >= 0.6 is 0 Å². The molecule has 0 heterocycles. The fraction of sp³-hybridized carbons (Fsp3) is 0.467. The average Bonchev–Trinajstić information content (AvgIpc) is 2.92. The SMILES string of the molecule is Cc1cc(Cc2cc(C(C)(C)C)c(O)c(C(C)(C)C)c2)c(O)c(Cc2cc(C)cc(Cc3cc(C(C)(C)C)c(O)c(C(C)(C)C)c3)c2O)c1. The number of hydrogen-bond donors (Lipinski definition) is 4. The summed E-state index contributed by atoms with van der Waals surface area (Å²) in [5.41, 5.74) is 9.94. The fourth-order valence-corrected chi connectivity index (χ4v) is 6.93. The van der Waals surface area contributed by atoms with Gasteiger partial charge in [-0.3, -0.25) is 0 Å². The number of rotatable bonds is 6. The molecule has 0 aromatic heterocycles. The molecule has 4 N–H and O–H groups in total. The third-order valence-electron chi connectivity index (χ3n) is 9.57. The van der Waals surface area contributed by atoms with Gasteiger partial charge in [0.25, 0.3) is 0 Å². The Balaban J connectivity index is 1.75. The van der Waals surface area contributed by atoms with Crippen LogP contribution in [0.15, 0.2) is 48.5 Å². The fourth-order valence-electron chi connectivity index (χ4n) is 6.93.